The summed E-state index contributed by atoms with van der Waals surface area (Å²) < 4.78 is 11.0. The highest BCUT2D eigenvalue weighted by atomic mass is 16.6. The molecule has 0 bridgehead atoms. The molecule has 1 fully saturated rings. The molecule has 2 rings (SSSR count). The lowest BCUT2D eigenvalue weighted by atomic mass is 10.1. The number of rotatable bonds is 4. The highest BCUT2D eigenvalue weighted by Gasteiger charge is 2.47. The Bertz CT molecular complexity index is 568. The molecule has 1 unspecified atom stereocenters. The number of aliphatic hydroxyl groups excluding tert-OH is 3. The largest absolute Gasteiger partial charge is 0.388 e. The van der Waals surface area contributed by atoms with E-state index in [1.165, 1.54) is 7.11 Å². The summed E-state index contributed by atoms with van der Waals surface area (Å²) in [6, 6.07) is 1.09. The van der Waals surface area contributed by atoms with Gasteiger partial charge in [-0.1, -0.05) is 0 Å². The predicted molar refractivity (Wildman–Crippen MR) is 65.1 cm³/mol. The van der Waals surface area contributed by atoms with Crippen molar-refractivity contribution >= 4 is 0 Å². The molecule has 0 saturated carbocycles. The number of aromatic nitrogens is 2. The van der Waals surface area contributed by atoms with E-state index >= 15 is 0 Å². The van der Waals surface area contributed by atoms with Gasteiger partial charge in [0.15, 0.2) is 6.23 Å². The van der Waals surface area contributed by atoms with Gasteiger partial charge in [-0.3, -0.25) is 14.3 Å². The van der Waals surface area contributed by atoms with Crippen LogP contribution in [0.2, 0.25) is 0 Å². The Morgan fingerprint density at radius 1 is 1.45 bits per heavy atom. The van der Waals surface area contributed by atoms with E-state index in [9.17, 15) is 24.9 Å². The Morgan fingerprint density at radius 2 is 2.15 bits per heavy atom. The molecular weight excluding hydrogens is 272 g/mol. The maximum Gasteiger partial charge on any atom is 0.330 e. The smallest absolute Gasteiger partial charge is 0.330 e. The van der Waals surface area contributed by atoms with E-state index in [0.29, 0.717) is 0 Å². The van der Waals surface area contributed by atoms with Crippen LogP contribution in [0, 0.1) is 0 Å². The Balaban J connectivity index is 2.26. The summed E-state index contributed by atoms with van der Waals surface area (Å²) in [4.78, 5) is 24.6. The second-order valence-corrected chi connectivity index (χ2v) is 4.51. The van der Waals surface area contributed by atoms with Crippen molar-refractivity contribution in [2.75, 3.05) is 13.7 Å². The first-order chi connectivity index (χ1) is 9.45. The fraction of sp³-hybridized carbons (Fsp3) is 0.636. The van der Waals surface area contributed by atoms with E-state index in [4.69, 9.17) is 9.47 Å². The summed E-state index contributed by atoms with van der Waals surface area (Å²) in [6.07, 6.45) is -5.13. The average Bonchev–Trinajstić information content (AvgIpc) is 2.67. The molecule has 0 aromatic carbocycles. The molecule has 5 atom stereocenters. The standard InChI is InChI=1S/C11H16N2O7/c1-19-4-5(14)9-7(16)8(17)10(20-9)13-3-2-6(15)12-11(13)18/h2-3,5,7-10,14,16-17H,4H2,1H3,(H,12,15,18)/t5?,7-,8+,9+,10+/m0/s1. The van der Waals surface area contributed by atoms with Gasteiger partial charge < -0.3 is 24.8 Å². The third kappa shape index (κ3) is 2.67. The van der Waals surface area contributed by atoms with Crippen molar-refractivity contribution in [3.05, 3.63) is 33.1 Å². The van der Waals surface area contributed by atoms with Crippen LogP contribution in [0.4, 0.5) is 0 Å². The van der Waals surface area contributed by atoms with Crippen LogP contribution >= 0.6 is 0 Å². The molecule has 9 nitrogen and oxygen atoms in total. The molecule has 1 aliphatic heterocycles. The minimum atomic E-state index is -1.42. The maximum absolute atomic E-state index is 11.6. The Morgan fingerprint density at radius 3 is 2.75 bits per heavy atom. The van der Waals surface area contributed by atoms with Crippen LogP contribution in [0.15, 0.2) is 21.9 Å². The highest BCUT2D eigenvalue weighted by molar-refractivity contribution is 4.95. The number of H-pyrrole nitrogens is 1. The first kappa shape index (κ1) is 14.9. The predicted octanol–water partition coefficient (Wildman–Crippen LogP) is -2.84. The molecule has 0 amide bonds. The van der Waals surface area contributed by atoms with E-state index in [0.717, 1.165) is 16.8 Å². The number of aromatic amines is 1. The number of ether oxygens (including phenoxy) is 2. The molecule has 9 heteroatoms. The average molecular weight is 288 g/mol. The van der Waals surface area contributed by atoms with Gasteiger partial charge in [0.1, 0.15) is 24.4 Å². The Hall–Kier alpha value is -1.52. The van der Waals surface area contributed by atoms with Crippen molar-refractivity contribution in [3.8, 4) is 0 Å². The maximum atomic E-state index is 11.6. The summed E-state index contributed by atoms with van der Waals surface area (Å²) in [6.45, 7) is -0.0955. The van der Waals surface area contributed by atoms with E-state index in [1.807, 2.05) is 4.98 Å². The molecule has 2 heterocycles. The second-order valence-electron chi connectivity index (χ2n) is 4.51. The van der Waals surface area contributed by atoms with Crippen LogP contribution in [0.5, 0.6) is 0 Å². The quantitative estimate of drug-likeness (QED) is 0.469. The second kappa shape index (κ2) is 5.85. The zero-order chi connectivity index (χ0) is 14.9. The van der Waals surface area contributed by atoms with E-state index in [-0.39, 0.29) is 6.61 Å². The van der Waals surface area contributed by atoms with Crippen LogP contribution in [-0.4, -0.2) is 63.0 Å². The van der Waals surface area contributed by atoms with Gasteiger partial charge >= 0.3 is 5.69 Å². The number of hydrogen-bond donors (Lipinski definition) is 4. The van der Waals surface area contributed by atoms with Gasteiger partial charge in [-0.05, 0) is 0 Å². The first-order valence-electron chi connectivity index (χ1n) is 5.95. The molecule has 1 aromatic rings. The molecule has 1 saturated heterocycles. The Kier molecular flexibility index (Phi) is 4.35. The third-order valence-corrected chi connectivity index (χ3v) is 3.12. The van der Waals surface area contributed by atoms with Crippen LogP contribution in [-0.2, 0) is 9.47 Å². The highest BCUT2D eigenvalue weighted by Crippen LogP contribution is 2.29. The van der Waals surface area contributed by atoms with E-state index in [2.05, 4.69) is 0 Å². The number of hydrogen-bond acceptors (Lipinski definition) is 7. The summed E-state index contributed by atoms with van der Waals surface area (Å²) in [5, 5.41) is 29.5. The lowest BCUT2D eigenvalue weighted by molar-refractivity contribution is -0.102. The van der Waals surface area contributed by atoms with Crippen LogP contribution < -0.4 is 11.2 Å². The molecule has 20 heavy (non-hydrogen) atoms. The molecular formula is C11H16N2O7. The summed E-state index contributed by atoms with van der Waals surface area (Å²) >= 11 is 0. The van der Waals surface area contributed by atoms with Gasteiger partial charge in [0.2, 0.25) is 0 Å². The lowest BCUT2D eigenvalue weighted by Gasteiger charge is -2.20. The fourth-order valence-corrected chi connectivity index (χ4v) is 2.13. The SMILES string of the molecule is COCC(O)[C@H]1O[C@@H](n2ccc(=O)[nH]c2=O)[C@H](O)[C@@H]1O. The van der Waals surface area contributed by atoms with Gasteiger partial charge in [-0.25, -0.2) is 4.79 Å². The molecule has 0 aliphatic carbocycles. The van der Waals surface area contributed by atoms with Crippen LogP contribution in [0.1, 0.15) is 6.23 Å². The topological polar surface area (TPSA) is 134 Å². The number of methoxy groups -OCH3 is 1. The lowest BCUT2D eigenvalue weighted by Crippen LogP contribution is -2.41. The normalized spacial score (nSPS) is 31.4. The number of aliphatic hydroxyl groups is 3. The van der Waals surface area contributed by atoms with Crippen molar-refractivity contribution in [1.29, 1.82) is 0 Å². The van der Waals surface area contributed by atoms with Gasteiger partial charge in [-0.2, -0.15) is 0 Å². The molecule has 0 radical (unpaired) electrons. The van der Waals surface area contributed by atoms with E-state index < -0.39 is 41.9 Å². The number of nitrogens with one attached hydrogen (secondary N) is 1. The van der Waals surface area contributed by atoms with Crippen molar-refractivity contribution in [3.63, 3.8) is 0 Å². The van der Waals surface area contributed by atoms with Crippen molar-refractivity contribution in [1.82, 2.24) is 9.55 Å². The first-order valence-corrected chi connectivity index (χ1v) is 5.95. The molecule has 1 aromatic heterocycles. The molecule has 1 aliphatic rings. The molecule has 0 spiro atoms. The minimum Gasteiger partial charge on any atom is -0.388 e. The number of nitrogens with zero attached hydrogens (tertiary/aromatic N) is 1. The monoisotopic (exact) mass is 288 g/mol. The van der Waals surface area contributed by atoms with E-state index in [1.54, 1.807) is 0 Å². The van der Waals surface area contributed by atoms with Crippen LogP contribution in [0.3, 0.4) is 0 Å². The van der Waals surface area contributed by atoms with Gasteiger partial charge in [0.05, 0.1) is 6.61 Å². The summed E-state index contributed by atoms with van der Waals surface area (Å²) in [5.74, 6) is 0. The van der Waals surface area contributed by atoms with Crippen molar-refractivity contribution < 1.29 is 24.8 Å². The minimum absolute atomic E-state index is 0.0955. The Labute approximate surface area is 113 Å². The van der Waals surface area contributed by atoms with Crippen molar-refractivity contribution in [2.45, 2.75) is 30.6 Å². The van der Waals surface area contributed by atoms with Gasteiger partial charge in [0, 0.05) is 19.4 Å². The van der Waals surface area contributed by atoms with Crippen LogP contribution in [0.25, 0.3) is 0 Å². The summed E-state index contributed by atoms with van der Waals surface area (Å²) in [5.41, 5.74) is -1.37. The third-order valence-electron chi connectivity index (χ3n) is 3.12. The zero-order valence-corrected chi connectivity index (χ0v) is 10.7. The molecule has 4 N–H and O–H groups in total. The zero-order valence-electron chi connectivity index (χ0n) is 10.7. The fourth-order valence-electron chi connectivity index (χ4n) is 2.13. The van der Waals surface area contributed by atoms with Gasteiger partial charge in [-0.15, -0.1) is 0 Å². The van der Waals surface area contributed by atoms with Crippen molar-refractivity contribution in [2.24, 2.45) is 0 Å². The molecule has 112 valence electrons. The summed E-state index contributed by atoms with van der Waals surface area (Å²) in [7, 11) is 1.37. The van der Waals surface area contributed by atoms with Gasteiger partial charge in [0.25, 0.3) is 5.56 Å².